The molecule has 0 bridgehead atoms. The van der Waals surface area contributed by atoms with Gasteiger partial charge < -0.3 is 24.2 Å². The zero-order chi connectivity index (χ0) is 58.3. The second kappa shape index (κ2) is 61.2. The number of phosphoric acid groups is 1. The minimum Gasteiger partial charge on any atom is -0.462 e. The molecule has 0 radical (unpaired) electrons. The average molecular weight is 1140 g/mol. The van der Waals surface area contributed by atoms with Gasteiger partial charge in [0, 0.05) is 19.3 Å². The Morgan fingerprint density at radius 1 is 0.362 bits per heavy atom. The summed E-state index contributed by atoms with van der Waals surface area (Å²) in [6, 6.07) is 0. The molecular formula is C68H115O11P. The summed E-state index contributed by atoms with van der Waals surface area (Å²) in [5.41, 5.74) is 0. The van der Waals surface area contributed by atoms with Gasteiger partial charge in [-0.25, -0.2) is 4.57 Å². The van der Waals surface area contributed by atoms with Crippen LogP contribution in [0.25, 0.3) is 0 Å². The third-order valence-corrected chi connectivity index (χ3v) is 14.1. The van der Waals surface area contributed by atoms with Crippen molar-refractivity contribution in [1.29, 1.82) is 0 Å². The Bertz CT molecular complexity index is 1760. The van der Waals surface area contributed by atoms with E-state index in [2.05, 4.69) is 130 Å². The third kappa shape index (κ3) is 58.8. The SMILES string of the molecule is CC/C=C\C/C=C\C/C=C\C/C=C\CCCCCCCCC(=O)OCC(COP(=O)(O)OCC(CO)OC(=O)CCCCCCC/C=C\C/C=C\CCCCC)OC(=O)CCCCCCCC/C=C\C/C=C\C/C=C\CCCCC. The smallest absolute Gasteiger partial charge is 0.462 e. The maximum absolute atomic E-state index is 13.0. The zero-order valence-corrected chi connectivity index (χ0v) is 51.7. The standard InChI is InChI=1S/C68H115O11P/c1-4-7-10-13-16-19-22-25-28-30-32-34-37-39-42-45-48-51-54-57-66(70)75-61-65(79-68(72)59-56-53-50-47-44-41-38-35-33-31-29-26-23-20-17-14-11-8-5-2)63-77-80(73,74)76-62-64(60-69)78-67(71)58-55-52-49-46-43-40-36-27-24-21-18-15-12-9-6-3/h7,10,16-21,25-29,32-36,64-65,69H,4-6,8-9,11-15,22-24,30-31,37-63H2,1-3H3,(H,73,74)/b10-7-,19-16-,20-17-,21-18-,28-25-,29-26-,34-32-,35-33-,36-27-. The number of carbonyl (C=O) groups is 3. The van der Waals surface area contributed by atoms with Crippen LogP contribution in [0.1, 0.15) is 265 Å². The fourth-order valence-electron chi connectivity index (χ4n) is 8.33. The van der Waals surface area contributed by atoms with Crippen LogP contribution in [0.3, 0.4) is 0 Å². The van der Waals surface area contributed by atoms with E-state index in [9.17, 15) is 28.9 Å². The Kier molecular flexibility index (Phi) is 58.3. The predicted octanol–water partition coefficient (Wildman–Crippen LogP) is 19.4. The summed E-state index contributed by atoms with van der Waals surface area (Å²) in [4.78, 5) is 48.7. The third-order valence-electron chi connectivity index (χ3n) is 13.1. The van der Waals surface area contributed by atoms with E-state index in [0.717, 1.165) is 161 Å². The molecule has 0 saturated carbocycles. The molecule has 0 heterocycles. The van der Waals surface area contributed by atoms with Gasteiger partial charge >= 0.3 is 25.7 Å². The highest BCUT2D eigenvalue weighted by atomic mass is 31.2. The van der Waals surface area contributed by atoms with E-state index >= 15 is 0 Å². The molecule has 11 nitrogen and oxygen atoms in total. The molecule has 0 aliphatic carbocycles. The van der Waals surface area contributed by atoms with Crippen LogP contribution in [0.5, 0.6) is 0 Å². The van der Waals surface area contributed by atoms with Gasteiger partial charge in [0.05, 0.1) is 19.8 Å². The van der Waals surface area contributed by atoms with Crippen molar-refractivity contribution >= 4 is 25.7 Å². The summed E-state index contributed by atoms with van der Waals surface area (Å²) in [5.74, 6) is -1.51. The van der Waals surface area contributed by atoms with Crippen LogP contribution in [0.2, 0.25) is 0 Å². The van der Waals surface area contributed by atoms with E-state index in [1.807, 2.05) is 0 Å². The van der Waals surface area contributed by atoms with Gasteiger partial charge in [0.25, 0.3) is 0 Å². The fourth-order valence-corrected chi connectivity index (χ4v) is 9.11. The van der Waals surface area contributed by atoms with Gasteiger partial charge in [-0.05, 0) is 128 Å². The van der Waals surface area contributed by atoms with E-state index in [-0.39, 0.29) is 25.9 Å². The summed E-state index contributed by atoms with van der Waals surface area (Å²) in [6.45, 7) is 4.45. The quantitative estimate of drug-likeness (QED) is 0.0197. The monoisotopic (exact) mass is 1140 g/mol. The molecule has 0 spiro atoms. The van der Waals surface area contributed by atoms with Gasteiger partial charge in [0.2, 0.25) is 0 Å². The topological polar surface area (TPSA) is 155 Å². The Labute approximate surface area is 488 Å². The number of hydrogen-bond acceptors (Lipinski definition) is 10. The number of ether oxygens (including phenoxy) is 3. The van der Waals surface area contributed by atoms with Crippen molar-refractivity contribution in [2.24, 2.45) is 0 Å². The second-order valence-electron chi connectivity index (χ2n) is 20.8. The lowest BCUT2D eigenvalue weighted by Crippen LogP contribution is -2.30. The summed E-state index contributed by atoms with van der Waals surface area (Å²) < 4.78 is 39.6. The summed E-state index contributed by atoms with van der Waals surface area (Å²) in [5, 5.41) is 9.84. The Morgan fingerprint density at radius 3 is 1.00 bits per heavy atom. The van der Waals surface area contributed by atoms with Gasteiger partial charge in [-0.3, -0.25) is 23.4 Å². The molecule has 12 heteroatoms. The molecule has 0 aliphatic heterocycles. The number of phosphoric ester groups is 1. The largest absolute Gasteiger partial charge is 0.472 e. The van der Waals surface area contributed by atoms with Gasteiger partial charge in [0.15, 0.2) is 6.10 Å². The second-order valence-corrected chi connectivity index (χ2v) is 22.3. The van der Waals surface area contributed by atoms with Gasteiger partial charge in [-0.15, -0.1) is 0 Å². The lowest BCUT2D eigenvalue weighted by atomic mass is 10.1. The van der Waals surface area contributed by atoms with Crippen molar-refractivity contribution < 1.29 is 52.2 Å². The fraction of sp³-hybridized carbons (Fsp3) is 0.691. The number of esters is 3. The first-order chi connectivity index (χ1) is 39.2. The minimum absolute atomic E-state index is 0.144. The number of aliphatic hydroxyl groups excluding tert-OH is 1. The van der Waals surface area contributed by atoms with Crippen LogP contribution in [0, 0.1) is 0 Å². The minimum atomic E-state index is -4.77. The molecule has 0 saturated heterocycles. The molecule has 80 heavy (non-hydrogen) atoms. The first-order valence-electron chi connectivity index (χ1n) is 31.8. The highest BCUT2D eigenvalue weighted by Crippen LogP contribution is 2.43. The summed E-state index contributed by atoms with van der Waals surface area (Å²) in [7, 11) is -4.77. The number of allylic oxidation sites excluding steroid dienone is 18. The molecule has 3 unspecified atom stereocenters. The predicted molar refractivity (Wildman–Crippen MR) is 334 cm³/mol. The highest BCUT2D eigenvalue weighted by Gasteiger charge is 2.28. The maximum Gasteiger partial charge on any atom is 0.472 e. The van der Waals surface area contributed by atoms with Crippen LogP contribution >= 0.6 is 7.82 Å². The molecular weight excluding hydrogens is 1020 g/mol. The zero-order valence-electron chi connectivity index (χ0n) is 50.8. The van der Waals surface area contributed by atoms with Crippen LogP contribution in [-0.2, 0) is 42.2 Å². The van der Waals surface area contributed by atoms with Crippen molar-refractivity contribution in [1.82, 2.24) is 0 Å². The van der Waals surface area contributed by atoms with Crippen molar-refractivity contribution in [2.75, 3.05) is 26.4 Å². The van der Waals surface area contributed by atoms with Crippen molar-refractivity contribution in [3.8, 4) is 0 Å². The number of unbranched alkanes of at least 4 members (excludes halogenated alkanes) is 23. The van der Waals surface area contributed by atoms with E-state index < -0.39 is 57.8 Å². The van der Waals surface area contributed by atoms with Gasteiger partial charge in [-0.1, -0.05) is 226 Å². The molecule has 458 valence electrons. The van der Waals surface area contributed by atoms with Crippen molar-refractivity contribution in [3.63, 3.8) is 0 Å². The first kappa shape index (κ1) is 76.1. The molecule has 0 aromatic rings. The summed E-state index contributed by atoms with van der Waals surface area (Å²) in [6.07, 6.45) is 74.6. The molecule has 3 atom stereocenters. The Balaban J connectivity index is 4.79. The van der Waals surface area contributed by atoms with Gasteiger partial charge in [-0.2, -0.15) is 0 Å². The average Bonchev–Trinajstić information content (AvgIpc) is 3.45. The first-order valence-corrected chi connectivity index (χ1v) is 33.3. The van der Waals surface area contributed by atoms with Crippen LogP contribution in [0.4, 0.5) is 0 Å². The van der Waals surface area contributed by atoms with Crippen molar-refractivity contribution in [2.45, 2.75) is 277 Å². The van der Waals surface area contributed by atoms with Crippen molar-refractivity contribution in [3.05, 3.63) is 109 Å². The lowest BCUT2D eigenvalue weighted by Gasteiger charge is -2.21. The number of carbonyl (C=O) groups excluding carboxylic acids is 3. The molecule has 0 aromatic carbocycles. The van der Waals surface area contributed by atoms with E-state index in [1.165, 1.54) is 44.9 Å². The number of aliphatic hydroxyl groups is 1. The van der Waals surface area contributed by atoms with E-state index in [0.29, 0.717) is 19.3 Å². The lowest BCUT2D eigenvalue weighted by molar-refractivity contribution is -0.161. The Hall–Kier alpha value is -3.86. The molecule has 0 fully saturated rings. The molecule has 0 aromatic heterocycles. The molecule has 0 aliphatic rings. The van der Waals surface area contributed by atoms with Crippen LogP contribution in [0.15, 0.2) is 109 Å². The maximum atomic E-state index is 13.0. The highest BCUT2D eigenvalue weighted by molar-refractivity contribution is 7.47. The van der Waals surface area contributed by atoms with E-state index in [4.69, 9.17) is 23.3 Å². The molecule has 0 amide bonds. The number of rotatable bonds is 58. The van der Waals surface area contributed by atoms with Crippen LogP contribution < -0.4 is 0 Å². The van der Waals surface area contributed by atoms with E-state index in [1.54, 1.807) is 0 Å². The summed E-state index contributed by atoms with van der Waals surface area (Å²) >= 11 is 0. The number of hydrogen-bond donors (Lipinski definition) is 2. The van der Waals surface area contributed by atoms with Gasteiger partial charge in [0.1, 0.15) is 12.7 Å². The molecule has 0 rings (SSSR count). The molecule has 2 N–H and O–H groups in total. The van der Waals surface area contributed by atoms with Crippen LogP contribution in [-0.4, -0.2) is 66.5 Å². The normalized spacial score (nSPS) is 14.0. The Morgan fingerprint density at radius 2 is 0.650 bits per heavy atom.